The largest absolute Gasteiger partial charge is 0.345 e. The fourth-order valence-corrected chi connectivity index (χ4v) is 4.08. The van der Waals surface area contributed by atoms with Crippen LogP contribution in [0.3, 0.4) is 0 Å². The maximum absolute atomic E-state index is 12.1. The number of halogens is 3. The second-order valence-electron chi connectivity index (χ2n) is 4.29. The SMILES string of the molecule is Cn1cc(Br)cc1C(=O)NNS(=O)(=O)c1ccc(Br)cc1Cl. The molecule has 0 radical (unpaired) electrons. The lowest BCUT2D eigenvalue weighted by molar-refractivity contribution is 0.0937. The van der Waals surface area contributed by atoms with E-state index in [1.165, 1.54) is 18.2 Å². The molecule has 0 saturated heterocycles. The normalized spacial score (nSPS) is 11.5. The van der Waals surface area contributed by atoms with E-state index in [2.05, 4.69) is 37.3 Å². The van der Waals surface area contributed by atoms with Crippen molar-refractivity contribution in [3.8, 4) is 0 Å². The van der Waals surface area contributed by atoms with Crippen LogP contribution in [0.25, 0.3) is 0 Å². The van der Waals surface area contributed by atoms with Crippen LogP contribution in [0, 0.1) is 0 Å². The van der Waals surface area contributed by atoms with Gasteiger partial charge in [0.25, 0.3) is 15.9 Å². The van der Waals surface area contributed by atoms with Crippen LogP contribution in [-0.4, -0.2) is 18.9 Å². The number of benzene rings is 1. The first-order chi connectivity index (χ1) is 10.2. The average molecular weight is 472 g/mol. The van der Waals surface area contributed by atoms with Gasteiger partial charge >= 0.3 is 0 Å². The quantitative estimate of drug-likeness (QED) is 0.673. The van der Waals surface area contributed by atoms with E-state index in [4.69, 9.17) is 11.6 Å². The number of hydrogen-bond donors (Lipinski definition) is 2. The minimum Gasteiger partial charge on any atom is -0.345 e. The van der Waals surface area contributed by atoms with Crippen molar-refractivity contribution in [3.63, 3.8) is 0 Å². The second-order valence-corrected chi connectivity index (χ2v) is 8.18. The molecular formula is C12H10Br2ClN3O3S. The molecule has 0 spiro atoms. The molecule has 0 unspecified atom stereocenters. The maximum atomic E-state index is 12.1. The van der Waals surface area contributed by atoms with E-state index < -0.39 is 15.9 Å². The summed E-state index contributed by atoms with van der Waals surface area (Å²) in [5, 5.41) is 0.0396. The molecule has 1 amide bonds. The number of hydrazine groups is 1. The van der Waals surface area contributed by atoms with Crippen molar-refractivity contribution in [2.75, 3.05) is 0 Å². The van der Waals surface area contributed by atoms with Crippen molar-refractivity contribution in [3.05, 3.63) is 50.1 Å². The van der Waals surface area contributed by atoms with Crippen LogP contribution in [0.15, 0.2) is 44.3 Å². The Bertz CT molecular complexity index is 836. The van der Waals surface area contributed by atoms with E-state index in [0.717, 1.165) is 0 Å². The molecule has 2 aromatic rings. The maximum Gasteiger partial charge on any atom is 0.282 e. The Morgan fingerprint density at radius 1 is 1.23 bits per heavy atom. The summed E-state index contributed by atoms with van der Waals surface area (Å²) < 4.78 is 27.2. The van der Waals surface area contributed by atoms with Gasteiger partial charge in [0.2, 0.25) is 0 Å². The van der Waals surface area contributed by atoms with Gasteiger partial charge in [-0.25, -0.2) is 8.42 Å². The summed E-state index contributed by atoms with van der Waals surface area (Å²) in [4.78, 5) is 13.9. The van der Waals surface area contributed by atoms with Gasteiger partial charge in [-0.05, 0) is 40.2 Å². The van der Waals surface area contributed by atoms with Gasteiger partial charge in [0, 0.05) is 22.2 Å². The molecule has 1 aromatic carbocycles. The van der Waals surface area contributed by atoms with Gasteiger partial charge in [0.15, 0.2) is 0 Å². The van der Waals surface area contributed by atoms with E-state index in [9.17, 15) is 13.2 Å². The molecular weight excluding hydrogens is 461 g/mol. The van der Waals surface area contributed by atoms with E-state index in [1.807, 2.05) is 4.83 Å². The molecule has 0 atom stereocenters. The third-order valence-electron chi connectivity index (χ3n) is 2.69. The van der Waals surface area contributed by atoms with Crippen molar-refractivity contribution in [2.24, 2.45) is 7.05 Å². The Morgan fingerprint density at radius 2 is 1.91 bits per heavy atom. The minimum atomic E-state index is -3.97. The zero-order chi connectivity index (χ0) is 16.5. The molecule has 2 rings (SSSR count). The van der Waals surface area contributed by atoms with Crippen molar-refractivity contribution in [1.29, 1.82) is 0 Å². The number of amides is 1. The van der Waals surface area contributed by atoms with Crippen LogP contribution in [-0.2, 0) is 17.1 Å². The molecule has 118 valence electrons. The monoisotopic (exact) mass is 469 g/mol. The number of rotatable bonds is 4. The van der Waals surface area contributed by atoms with E-state index >= 15 is 0 Å². The molecule has 1 heterocycles. The number of aromatic nitrogens is 1. The lowest BCUT2D eigenvalue weighted by Gasteiger charge is -2.10. The summed E-state index contributed by atoms with van der Waals surface area (Å²) >= 11 is 12.3. The summed E-state index contributed by atoms with van der Waals surface area (Å²) in [6, 6.07) is 5.89. The first-order valence-electron chi connectivity index (χ1n) is 5.80. The number of carbonyl (C=O) groups excluding carboxylic acids is 1. The lowest BCUT2D eigenvalue weighted by Crippen LogP contribution is -2.42. The fraction of sp³-hybridized carbons (Fsp3) is 0.0833. The Hall–Kier alpha value is -0.870. The highest BCUT2D eigenvalue weighted by Gasteiger charge is 2.20. The molecule has 22 heavy (non-hydrogen) atoms. The molecule has 6 nitrogen and oxygen atoms in total. The highest BCUT2D eigenvalue weighted by atomic mass is 79.9. The topological polar surface area (TPSA) is 80.2 Å². The number of sulfonamides is 1. The number of nitrogens with one attached hydrogen (secondary N) is 2. The van der Waals surface area contributed by atoms with Gasteiger partial charge in [-0.1, -0.05) is 27.5 Å². The molecule has 10 heteroatoms. The van der Waals surface area contributed by atoms with Crippen LogP contribution in [0.4, 0.5) is 0 Å². The van der Waals surface area contributed by atoms with Crippen molar-refractivity contribution >= 4 is 59.4 Å². The van der Waals surface area contributed by atoms with E-state index in [-0.39, 0.29) is 15.6 Å². The number of nitrogens with zero attached hydrogens (tertiary/aromatic N) is 1. The highest BCUT2D eigenvalue weighted by Crippen LogP contribution is 2.24. The van der Waals surface area contributed by atoms with Gasteiger partial charge in [-0.15, -0.1) is 4.83 Å². The Kier molecular flexibility index (Phi) is 5.33. The van der Waals surface area contributed by atoms with Crippen LogP contribution >= 0.6 is 43.5 Å². The summed E-state index contributed by atoms with van der Waals surface area (Å²) in [5.41, 5.74) is 2.43. The lowest BCUT2D eigenvalue weighted by atomic mass is 10.4. The predicted octanol–water partition coefficient (Wildman–Crippen LogP) is 2.83. The third-order valence-corrected chi connectivity index (χ3v) is 5.34. The van der Waals surface area contributed by atoms with Gasteiger partial charge < -0.3 is 4.57 Å². The Balaban J connectivity index is 2.16. The standard InChI is InChI=1S/C12H10Br2ClN3O3S/c1-18-6-8(14)5-10(18)12(19)16-17-22(20,21)11-3-2-7(13)4-9(11)15/h2-6,17H,1H3,(H,16,19). The first-order valence-corrected chi connectivity index (χ1v) is 9.24. The van der Waals surface area contributed by atoms with Gasteiger partial charge in [0.1, 0.15) is 10.6 Å². The zero-order valence-electron chi connectivity index (χ0n) is 11.1. The van der Waals surface area contributed by atoms with Crippen molar-refractivity contribution in [2.45, 2.75) is 4.90 Å². The first kappa shape index (κ1) is 17.5. The number of hydrogen-bond acceptors (Lipinski definition) is 3. The molecule has 2 N–H and O–H groups in total. The number of aryl methyl sites for hydroxylation is 1. The molecule has 0 aliphatic carbocycles. The van der Waals surface area contributed by atoms with Crippen LogP contribution in [0.2, 0.25) is 5.02 Å². The molecule has 1 aromatic heterocycles. The molecule has 0 saturated carbocycles. The van der Waals surface area contributed by atoms with Crippen molar-refractivity contribution in [1.82, 2.24) is 14.8 Å². The molecule has 0 fully saturated rings. The summed E-state index contributed by atoms with van der Waals surface area (Å²) in [6.07, 6.45) is 1.68. The molecule has 0 aliphatic heterocycles. The zero-order valence-corrected chi connectivity index (χ0v) is 15.8. The summed E-state index contributed by atoms with van der Waals surface area (Å²) in [6.45, 7) is 0. The Labute approximate surface area is 149 Å². The van der Waals surface area contributed by atoms with Crippen LogP contribution in [0.5, 0.6) is 0 Å². The van der Waals surface area contributed by atoms with Gasteiger partial charge in [-0.3, -0.25) is 10.2 Å². The minimum absolute atomic E-state index is 0.0396. The predicted molar refractivity (Wildman–Crippen MR) is 90.1 cm³/mol. The van der Waals surface area contributed by atoms with Crippen molar-refractivity contribution < 1.29 is 13.2 Å². The summed E-state index contributed by atoms with van der Waals surface area (Å²) in [5.74, 6) is -0.593. The Morgan fingerprint density at radius 3 is 2.45 bits per heavy atom. The smallest absolute Gasteiger partial charge is 0.282 e. The van der Waals surface area contributed by atoms with Crippen LogP contribution < -0.4 is 10.3 Å². The highest BCUT2D eigenvalue weighted by molar-refractivity contribution is 9.10. The average Bonchev–Trinajstić information content (AvgIpc) is 2.74. The van der Waals surface area contributed by atoms with Gasteiger partial charge in [0.05, 0.1) is 5.02 Å². The fourth-order valence-electron chi connectivity index (χ4n) is 1.68. The summed E-state index contributed by atoms with van der Waals surface area (Å²) in [7, 11) is -2.31. The van der Waals surface area contributed by atoms with Gasteiger partial charge in [-0.2, -0.15) is 0 Å². The third kappa shape index (κ3) is 3.90. The second kappa shape index (κ2) is 6.71. The molecule has 0 bridgehead atoms. The van der Waals surface area contributed by atoms with E-state index in [1.54, 1.807) is 23.9 Å². The molecule has 0 aliphatic rings. The van der Waals surface area contributed by atoms with Crippen LogP contribution in [0.1, 0.15) is 10.5 Å². The number of carbonyl (C=O) groups is 1. The van der Waals surface area contributed by atoms with E-state index in [0.29, 0.717) is 8.95 Å².